The van der Waals surface area contributed by atoms with Gasteiger partial charge in [0.15, 0.2) is 0 Å². The Morgan fingerprint density at radius 2 is 1.25 bits per heavy atom. The molecule has 0 radical (unpaired) electrons. The Labute approximate surface area is 88.8 Å². The van der Waals surface area contributed by atoms with Gasteiger partial charge in [0.05, 0.1) is 0 Å². The van der Waals surface area contributed by atoms with Crippen molar-refractivity contribution >= 4 is 61.2 Å². The van der Waals surface area contributed by atoms with Crippen LogP contribution in [0.3, 0.4) is 0 Å². The van der Waals surface area contributed by atoms with E-state index in [2.05, 4.69) is 43.8 Å². The zero-order valence-electron chi connectivity index (χ0n) is 3.13. The van der Waals surface area contributed by atoms with E-state index in [9.17, 15) is 8.78 Å². The minimum atomic E-state index is -1.83. The van der Waals surface area contributed by atoms with Gasteiger partial charge in [0.1, 0.15) is 0 Å². The van der Waals surface area contributed by atoms with Crippen molar-refractivity contribution in [3.8, 4) is 0 Å². The molecule has 0 aliphatic heterocycles. The minimum absolute atomic E-state index is 0. The highest BCUT2D eigenvalue weighted by atomic mass is 128. The molecule has 0 nitrogen and oxygen atoms in total. The van der Waals surface area contributed by atoms with Crippen molar-refractivity contribution in [3.05, 3.63) is 12.7 Å². The van der Waals surface area contributed by atoms with Crippen LogP contribution < -0.4 is 0 Å². The third-order valence-corrected chi connectivity index (χ3v) is 0. The average molecular weight is 462 g/mol. The van der Waals surface area contributed by atoms with E-state index in [-0.39, 0.29) is 31.4 Å². The normalized spacial score (nSPS) is 4.00. The molecule has 0 rings (SSSR count). The molecule has 54 valence electrons. The molecule has 0 atom stereocenters. The van der Waals surface area contributed by atoms with Gasteiger partial charge in [0.2, 0.25) is 0 Å². The number of hydrogen-bond donors (Lipinski definition) is 0. The van der Waals surface area contributed by atoms with E-state index >= 15 is 0 Å². The highest BCUT2D eigenvalue weighted by Gasteiger charge is 1.65. The summed E-state index contributed by atoms with van der Waals surface area (Å²) in [7, 11) is 0. The molecule has 0 heterocycles. The second-order valence-corrected chi connectivity index (χ2v) is 0.339. The highest BCUT2D eigenvalue weighted by Crippen LogP contribution is 1.89. The molecule has 5 heteroatoms. The van der Waals surface area contributed by atoms with Gasteiger partial charge in [0.25, 0.3) is 6.08 Å². The summed E-state index contributed by atoms with van der Waals surface area (Å²) in [4.78, 5) is 0. The van der Waals surface area contributed by atoms with Crippen molar-refractivity contribution in [2.24, 2.45) is 0 Å². The number of rotatable bonds is 0. The summed E-state index contributed by atoms with van der Waals surface area (Å²) in [6.45, 7) is 2.22. The lowest BCUT2D eigenvalue weighted by Gasteiger charge is -1.54. The lowest BCUT2D eigenvalue weighted by Crippen LogP contribution is -1.33. The predicted octanol–water partition coefficient (Wildman–Crippen LogP) is 4.42. The monoisotopic (exact) mass is 462 g/mol. The standard InChI is InChI=1S/C2H2F2.CH4.I2.HI/c1-2(3)4;;1-2;/h1H2;1H4;;1H. The molecule has 0 aliphatic rings. The number of halogens is 5. The van der Waals surface area contributed by atoms with Crippen LogP contribution in [0, 0.1) is 0 Å². The fourth-order valence-corrected chi connectivity index (χ4v) is 0. The summed E-state index contributed by atoms with van der Waals surface area (Å²) in [6.07, 6.45) is -1.83. The lowest BCUT2D eigenvalue weighted by molar-refractivity contribution is 0.426. The molecule has 0 saturated carbocycles. The fourth-order valence-electron chi connectivity index (χ4n) is 0. The molecule has 0 amide bonds. The maximum absolute atomic E-state index is 10.1. The van der Waals surface area contributed by atoms with E-state index in [0.717, 1.165) is 0 Å². The van der Waals surface area contributed by atoms with Gasteiger partial charge in [-0.05, 0) is 6.58 Å². The van der Waals surface area contributed by atoms with Gasteiger partial charge in [0, 0.05) is 37.2 Å². The van der Waals surface area contributed by atoms with E-state index in [1.54, 1.807) is 0 Å². The Morgan fingerprint density at radius 1 is 1.25 bits per heavy atom. The van der Waals surface area contributed by atoms with Crippen LogP contribution >= 0.6 is 61.2 Å². The summed E-state index contributed by atoms with van der Waals surface area (Å²) in [5.41, 5.74) is 0. The summed E-state index contributed by atoms with van der Waals surface area (Å²) in [5, 5.41) is 0. The van der Waals surface area contributed by atoms with Gasteiger partial charge in [-0.25, -0.2) is 0 Å². The van der Waals surface area contributed by atoms with Crippen LogP contribution in [-0.4, -0.2) is 0 Å². The molecular formula is C3H7F2I3. The zero-order valence-corrected chi connectivity index (χ0v) is 9.77. The molecule has 0 bridgehead atoms. The maximum Gasteiger partial charge on any atom is 0.263 e. The van der Waals surface area contributed by atoms with E-state index in [4.69, 9.17) is 0 Å². The topological polar surface area (TPSA) is 0 Å². The van der Waals surface area contributed by atoms with Crippen LogP contribution in [0.4, 0.5) is 8.78 Å². The quantitative estimate of drug-likeness (QED) is 0.469. The summed E-state index contributed by atoms with van der Waals surface area (Å²) in [5.74, 6) is 0. The van der Waals surface area contributed by atoms with Crippen molar-refractivity contribution < 1.29 is 8.78 Å². The van der Waals surface area contributed by atoms with Gasteiger partial charge in [-0.1, -0.05) is 7.43 Å². The smallest absolute Gasteiger partial charge is 0.174 e. The average Bonchev–Trinajstić information content (AvgIpc) is 1.41. The van der Waals surface area contributed by atoms with Crippen LogP contribution in [-0.2, 0) is 0 Å². The van der Waals surface area contributed by atoms with Gasteiger partial charge in [-0.3, -0.25) is 0 Å². The van der Waals surface area contributed by atoms with E-state index in [0.29, 0.717) is 0 Å². The van der Waals surface area contributed by atoms with Gasteiger partial charge >= 0.3 is 0 Å². The van der Waals surface area contributed by atoms with Crippen molar-refractivity contribution in [3.63, 3.8) is 0 Å². The van der Waals surface area contributed by atoms with Crippen LogP contribution in [0.15, 0.2) is 12.7 Å². The predicted molar refractivity (Wildman–Crippen MR) is 61.5 cm³/mol. The van der Waals surface area contributed by atoms with Crippen LogP contribution in [0.5, 0.6) is 0 Å². The van der Waals surface area contributed by atoms with E-state index in [1.165, 1.54) is 0 Å². The van der Waals surface area contributed by atoms with Crippen molar-refractivity contribution in [2.75, 3.05) is 0 Å². The number of hydrogen-bond acceptors (Lipinski definition) is 0. The SMILES string of the molecule is C.C=C(F)F.I.II. The Hall–Kier alpha value is 1.79. The Balaban J connectivity index is -0.0000000183. The van der Waals surface area contributed by atoms with Gasteiger partial charge < -0.3 is 0 Å². The molecule has 0 aliphatic carbocycles. The minimum Gasteiger partial charge on any atom is -0.174 e. The second-order valence-electron chi connectivity index (χ2n) is 0.339. The van der Waals surface area contributed by atoms with Crippen LogP contribution in [0.25, 0.3) is 0 Å². The second kappa shape index (κ2) is 23.2. The van der Waals surface area contributed by atoms with Gasteiger partial charge in [-0.15, -0.1) is 24.0 Å². The summed E-state index contributed by atoms with van der Waals surface area (Å²) in [6, 6.07) is 0. The van der Waals surface area contributed by atoms with Crippen LogP contribution in [0.2, 0.25) is 0 Å². The highest BCUT2D eigenvalue weighted by molar-refractivity contribution is 15.0. The molecule has 8 heavy (non-hydrogen) atoms. The molecule has 0 fully saturated rings. The van der Waals surface area contributed by atoms with Crippen molar-refractivity contribution in [2.45, 2.75) is 7.43 Å². The molecule has 0 aromatic carbocycles. The molecule has 0 N–H and O–H groups in total. The lowest BCUT2D eigenvalue weighted by atomic mass is 11.2. The van der Waals surface area contributed by atoms with Gasteiger partial charge in [-0.2, -0.15) is 8.78 Å². The third-order valence-electron chi connectivity index (χ3n) is 0. The molecule has 0 aromatic heterocycles. The Bertz CT molecular complexity index is 35.5. The summed E-state index contributed by atoms with van der Waals surface area (Å²) >= 11 is 4.24. The molecule has 0 unspecified atom stereocenters. The molecule has 0 spiro atoms. The zero-order chi connectivity index (χ0) is 5.58. The fraction of sp³-hybridized carbons (Fsp3) is 0.333. The molecular weight excluding hydrogens is 455 g/mol. The van der Waals surface area contributed by atoms with Crippen LogP contribution in [0.1, 0.15) is 7.43 Å². The first-order valence-corrected chi connectivity index (χ1v) is 7.16. The third kappa shape index (κ3) is 112. The molecule has 0 aromatic rings. The Morgan fingerprint density at radius 3 is 1.25 bits per heavy atom. The maximum atomic E-state index is 10.1. The first-order chi connectivity index (χ1) is 2.73. The largest absolute Gasteiger partial charge is 0.263 e. The summed E-state index contributed by atoms with van der Waals surface area (Å²) < 4.78 is 20.3. The van der Waals surface area contributed by atoms with E-state index < -0.39 is 6.08 Å². The van der Waals surface area contributed by atoms with E-state index in [1.807, 2.05) is 0 Å². The first-order valence-electron chi connectivity index (χ1n) is 0.874. The Kier molecular flexibility index (Phi) is 65.6. The first kappa shape index (κ1) is 22.6. The van der Waals surface area contributed by atoms with Crippen molar-refractivity contribution in [1.82, 2.24) is 0 Å². The molecule has 0 saturated heterocycles. The van der Waals surface area contributed by atoms with Crippen molar-refractivity contribution in [1.29, 1.82) is 0 Å².